The molecule has 0 bridgehead atoms. The second-order valence-corrected chi connectivity index (χ2v) is 10.5. The van der Waals surface area contributed by atoms with Gasteiger partial charge in [-0.2, -0.15) is 4.31 Å². The van der Waals surface area contributed by atoms with Crippen LogP contribution in [-0.4, -0.2) is 56.7 Å². The lowest BCUT2D eigenvalue weighted by Crippen LogP contribution is -2.43. The highest BCUT2D eigenvalue weighted by Crippen LogP contribution is 2.27. The van der Waals surface area contributed by atoms with E-state index >= 15 is 0 Å². The van der Waals surface area contributed by atoms with Crippen LogP contribution in [0.4, 0.5) is 0 Å². The maximum absolute atomic E-state index is 13.2. The third-order valence-corrected chi connectivity index (χ3v) is 8.20. The van der Waals surface area contributed by atoms with Crippen molar-refractivity contribution >= 4 is 32.7 Å². The summed E-state index contributed by atoms with van der Waals surface area (Å²) in [6, 6.07) is 14.4. The first-order valence-electron chi connectivity index (χ1n) is 11.1. The molecule has 2 heterocycles. The van der Waals surface area contributed by atoms with Gasteiger partial charge in [-0.3, -0.25) is 4.79 Å². The monoisotopic (exact) mass is 484 g/mol. The van der Waals surface area contributed by atoms with E-state index in [1.165, 1.54) is 11.4 Å². The highest BCUT2D eigenvalue weighted by Gasteiger charge is 2.33. The molecule has 1 saturated heterocycles. The van der Waals surface area contributed by atoms with Gasteiger partial charge in [0, 0.05) is 26.1 Å². The van der Waals surface area contributed by atoms with Crippen LogP contribution in [0.3, 0.4) is 0 Å². The standard InChI is InChI=1S/C25H28N2O6S/c1-17-23(25(29)32-3)15-21(33-17)16-26(2)24(28)19-10-12-27(13-11-19)34(30,31)22-9-8-18-6-4-5-7-20(18)14-22/h4-9,14-15,19H,10-13,16H2,1-3H3. The number of aryl methyl sites for hydroxylation is 1. The second kappa shape index (κ2) is 9.60. The molecule has 34 heavy (non-hydrogen) atoms. The number of carbonyl (C=O) groups is 2. The Balaban J connectivity index is 1.38. The predicted octanol–water partition coefficient (Wildman–Crippen LogP) is 3.59. The number of amides is 1. The van der Waals surface area contributed by atoms with Crippen LogP contribution in [0.5, 0.6) is 0 Å². The predicted molar refractivity (Wildman–Crippen MR) is 127 cm³/mol. The van der Waals surface area contributed by atoms with Gasteiger partial charge >= 0.3 is 5.97 Å². The first-order valence-corrected chi connectivity index (χ1v) is 12.6. The number of hydrogen-bond donors (Lipinski definition) is 0. The SMILES string of the molecule is COC(=O)c1cc(CN(C)C(=O)C2CCN(S(=O)(=O)c3ccc4ccccc4c3)CC2)oc1C. The number of furan rings is 1. The van der Waals surface area contributed by atoms with Gasteiger partial charge in [0.2, 0.25) is 15.9 Å². The number of rotatable bonds is 6. The first-order chi connectivity index (χ1) is 16.2. The number of piperidine rings is 1. The number of methoxy groups -OCH3 is 1. The smallest absolute Gasteiger partial charge is 0.341 e. The molecule has 0 saturated carbocycles. The number of esters is 1. The van der Waals surface area contributed by atoms with E-state index in [0.29, 0.717) is 29.9 Å². The minimum absolute atomic E-state index is 0.0728. The van der Waals surface area contributed by atoms with Crippen molar-refractivity contribution < 1.29 is 27.2 Å². The number of carbonyl (C=O) groups excluding carboxylic acids is 2. The molecule has 0 spiro atoms. The Hall–Kier alpha value is -3.17. The minimum Gasteiger partial charge on any atom is -0.465 e. The van der Waals surface area contributed by atoms with Crippen LogP contribution in [0.1, 0.15) is 34.7 Å². The van der Waals surface area contributed by atoms with E-state index in [1.54, 1.807) is 37.1 Å². The Morgan fingerprint density at radius 3 is 2.44 bits per heavy atom. The molecule has 0 atom stereocenters. The number of ether oxygens (including phenoxy) is 1. The Kier molecular flexibility index (Phi) is 6.77. The highest BCUT2D eigenvalue weighted by molar-refractivity contribution is 7.89. The maximum Gasteiger partial charge on any atom is 0.341 e. The largest absolute Gasteiger partial charge is 0.465 e. The average molecular weight is 485 g/mol. The van der Waals surface area contributed by atoms with Gasteiger partial charge in [0.1, 0.15) is 17.1 Å². The molecule has 0 N–H and O–H groups in total. The molecule has 1 aliphatic heterocycles. The van der Waals surface area contributed by atoms with Gasteiger partial charge in [0.25, 0.3) is 0 Å². The van der Waals surface area contributed by atoms with Crippen LogP contribution >= 0.6 is 0 Å². The average Bonchev–Trinajstić information content (AvgIpc) is 3.22. The van der Waals surface area contributed by atoms with Crippen LogP contribution in [0.15, 0.2) is 57.8 Å². The van der Waals surface area contributed by atoms with Crippen molar-refractivity contribution in [2.75, 3.05) is 27.2 Å². The summed E-state index contributed by atoms with van der Waals surface area (Å²) in [5, 5.41) is 1.86. The number of fused-ring (bicyclic) bond motifs is 1. The lowest BCUT2D eigenvalue weighted by atomic mass is 9.96. The summed E-state index contributed by atoms with van der Waals surface area (Å²) in [4.78, 5) is 26.6. The fraction of sp³-hybridized carbons (Fsp3) is 0.360. The molecule has 0 radical (unpaired) electrons. The molecule has 8 nitrogen and oxygen atoms in total. The molecular formula is C25H28N2O6S. The van der Waals surface area contributed by atoms with E-state index in [1.807, 2.05) is 30.3 Å². The van der Waals surface area contributed by atoms with Crippen LogP contribution < -0.4 is 0 Å². The molecule has 1 fully saturated rings. The van der Waals surface area contributed by atoms with E-state index in [9.17, 15) is 18.0 Å². The fourth-order valence-electron chi connectivity index (χ4n) is 4.38. The quantitative estimate of drug-likeness (QED) is 0.496. The van der Waals surface area contributed by atoms with Crippen LogP contribution in [-0.2, 0) is 26.1 Å². The minimum atomic E-state index is -3.63. The summed E-state index contributed by atoms with van der Waals surface area (Å²) in [6.07, 6.45) is 0.890. The zero-order chi connectivity index (χ0) is 24.5. The molecule has 9 heteroatoms. The molecule has 1 aromatic heterocycles. The van der Waals surface area contributed by atoms with E-state index in [4.69, 9.17) is 9.15 Å². The van der Waals surface area contributed by atoms with E-state index in [-0.39, 0.29) is 36.4 Å². The number of hydrogen-bond acceptors (Lipinski definition) is 6. The zero-order valence-electron chi connectivity index (χ0n) is 19.5. The molecule has 180 valence electrons. The molecule has 0 unspecified atom stereocenters. The highest BCUT2D eigenvalue weighted by atomic mass is 32.2. The van der Waals surface area contributed by atoms with Gasteiger partial charge < -0.3 is 14.1 Å². The molecular weight excluding hydrogens is 456 g/mol. The summed E-state index contributed by atoms with van der Waals surface area (Å²) < 4.78 is 38.2. The van der Waals surface area contributed by atoms with Crippen LogP contribution in [0.25, 0.3) is 10.8 Å². The van der Waals surface area contributed by atoms with Gasteiger partial charge in [-0.05, 0) is 48.7 Å². The second-order valence-electron chi connectivity index (χ2n) is 8.56. The third kappa shape index (κ3) is 4.71. The fourth-order valence-corrected chi connectivity index (χ4v) is 5.88. The molecule has 3 aromatic rings. The summed E-state index contributed by atoms with van der Waals surface area (Å²) in [6.45, 7) is 2.45. The molecule has 0 aliphatic carbocycles. The lowest BCUT2D eigenvalue weighted by molar-refractivity contribution is -0.136. The van der Waals surface area contributed by atoms with E-state index in [2.05, 4.69) is 0 Å². The van der Waals surface area contributed by atoms with E-state index < -0.39 is 16.0 Å². The number of benzene rings is 2. The van der Waals surface area contributed by atoms with Crippen LogP contribution in [0, 0.1) is 12.8 Å². The lowest BCUT2D eigenvalue weighted by Gasteiger charge is -2.32. The van der Waals surface area contributed by atoms with Gasteiger partial charge in [-0.15, -0.1) is 0 Å². The maximum atomic E-state index is 13.2. The van der Waals surface area contributed by atoms with Gasteiger partial charge in [0.15, 0.2) is 0 Å². The van der Waals surface area contributed by atoms with Gasteiger partial charge in [0.05, 0.1) is 18.6 Å². The zero-order valence-corrected chi connectivity index (χ0v) is 20.3. The Morgan fingerprint density at radius 2 is 1.76 bits per heavy atom. The molecule has 2 aromatic carbocycles. The van der Waals surface area contributed by atoms with Crippen LogP contribution in [0.2, 0.25) is 0 Å². The summed E-state index contributed by atoms with van der Waals surface area (Å²) >= 11 is 0. The van der Waals surface area contributed by atoms with Gasteiger partial charge in [-0.25, -0.2) is 13.2 Å². The van der Waals surface area contributed by atoms with Crippen molar-refractivity contribution in [3.8, 4) is 0 Å². The van der Waals surface area contributed by atoms with Crippen molar-refractivity contribution in [3.63, 3.8) is 0 Å². The van der Waals surface area contributed by atoms with Crippen molar-refractivity contribution in [3.05, 3.63) is 65.6 Å². The van der Waals surface area contributed by atoms with Crippen molar-refractivity contribution in [2.45, 2.75) is 31.2 Å². The Labute approximate surface area is 199 Å². The summed E-state index contributed by atoms with van der Waals surface area (Å²) in [7, 11) is -0.655. The summed E-state index contributed by atoms with van der Waals surface area (Å²) in [5.41, 5.74) is 0.338. The van der Waals surface area contributed by atoms with Crippen molar-refractivity contribution in [1.82, 2.24) is 9.21 Å². The normalized spacial score (nSPS) is 15.4. The first kappa shape index (κ1) is 24.0. The van der Waals surface area contributed by atoms with E-state index in [0.717, 1.165) is 10.8 Å². The third-order valence-electron chi connectivity index (χ3n) is 6.31. The molecule has 4 rings (SSSR count). The Morgan fingerprint density at radius 1 is 1.09 bits per heavy atom. The van der Waals surface area contributed by atoms with Crippen molar-refractivity contribution in [1.29, 1.82) is 0 Å². The Bertz CT molecular complexity index is 1320. The number of sulfonamides is 1. The molecule has 1 amide bonds. The summed E-state index contributed by atoms with van der Waals surface area (Å²) in [5.74, 6) is 0.0991. The van der Waals surface area contributed by atoms with Gasteiger partial charge in [-0.1, -0.05) is 30.3 Å². The van der Waals surface area contributed by atoms with Crippen molar-refractivity contribution in [2.24, 2.45) is 5.92 Å². The molecule has 1 aliphatic rings. The topological polar surface area (TPSA) is 97.1 Å². The number of nitrogens with zero attached hydrogens (tertiary/aromatic N) is 2.